The summed E-state index contributed by atoms with van der Waals surface area (Å²) in [5.74, 6) is -1.69. The van der Waals surface area contributed by atoms with E-state index in [0.29, 0.717) is 13.0 Å². The lowest BCUT2D eigenvalue weighted by Gasteiger charge is -2.32. The molecule has 0 bridgehead atoms. The summed E-state index contributed by atoms with van der Waals surface area (Å²) in [6.45, 7) is 0.359. The second kappa shape index (κ2) is 5.88. The Kier molecular flexibility index (Phi) is 4.36. The Morgan fingerprint density at radius 1 is 1.38 bits per heavy atom. The van der Waals surface area contributed by atoms with Crippen LogP contribution < -0.4 is 0 Å². The van der Waals surface area contributed by atoms with Gasteiger partial charge in [0.15, 0.2) is 15.6 Å². The quantitative estimate of drug-likeness (QED) is 0.885. The molecule has 8 heteroatoms. The van der Waals surface area contributed by atoms with Gasteiger partial charge in [0.05, 0.1) is 0 Å². The van der Waals surface area contributed by atoms with E-state index < -0.39 is 27.8 Å². The fraction of sp³-hybridized carbons (Fsp3) is 0.538. The summed E-state index contributed by atoms with van der Waals surface area (Å²) in [6, 6.07) is 1.96. The zero-order chi connectivity index (χ0) is 15.6. The molecule has 1 atom stereocenters. The maximum absolute atomic E-state index is 12.3. The predicted octanol–water partition coefficient (Wildman–Crippen LogP) is 0.904. The smallest absolute Gasteiger partial charge is 0.326 e. The molecule has 0 spiro atoms. The van der Waals surface area contributed by atoms with Crippen LogP contribution in [0.2, 0.25) is 0 Å². The molecule has 1 fully saturated rings. The van der Waals surface area contributed by atoms with Crippen molar-refractivity contribution >= 4 is 21.7 Å². The molecular weight excluding hydrogens is 298 g/mol. The van der Waals surface area contributed by atoms with Crippen LogP contribution >= 0.6 is 0 Å². The predicted molar refractivity (Wildman–Crippen MR) is 73.6 cm³/mol. The minimum absolute atomic E-state index is 0.0261. The number of likely N-dealkylation sites (tertiary alicyclic amines) is 1. The zero-order valence-corrected chi connectivity index (χ0v) is 12.4. The molecule has 1 N–H and O–H groups in total. The van der Waals surface area contributed by atoms with Crippen molar-refractivity contribution in [2.45, 2.75) is 31.1 Å². The maximum atomic E-state index is 12.3. The summed E-state index contributed by atoms with van der Waals surface area (Å²) in [7, 11) is -3.25. The summed E-state index contributed by atoms with van der Waals surface area (Å²) in [6.07, 6.45) is 2.99. The van der Waals surface area contributed by atoms with Crippen LogP contribution in [-0.2, 0) is 20.4 Å². The van der Waals surface area contributed by atoms with Crippen molar-refractivity contribution in [3.05, 3.63) is 23.7 Å². The van der Waals surface area contributed by atoms with Crippen molar-refractivity contribution in [3.8, 4) is 0 Å². The number of carboxylic acids is 1. The fourth-order valence-electron chi connectivity index (χ4n) is 2.40. The molecule has 0 saturated carbocycles. The molecule has 21 heavy (non-hydrogen) atoms. The molecule has 0 aliphatic carbocycles. The van der Waals surface area contributed by atoms with Gasteiger partial charge in [-0.05, 0) is 31.4 Å². The van der Waals surface area contributed by atoms with Gasteiger partial charge in [-0.3, -0.25) is 4.79 Å². The highest BCUT2D eigenvalue weighted by Gasteiger charge is 2.33. The number of amides is 1. The lowest BCUT2D eigenvalue weighted by Crippen LogP contribution is -2.47. The van der Waals surface area contributed by atoms with E-state index in [9.17, 15) is 18.0 Å². The highest BCUT2D eigenvalue weighted by atomic mass is 32.2. The van der Waals surface area contributed by atoms with E-state index in [1.54, 1.807) is 0 Å². The Labute approximate surface area is 122 Å². The molecule has 0 aromatic carbocycles. The number of carboxylic acid groups (broad SMARTS) is 1. The topological polar surface area (TPSA) is 105 Å². The number of sulfone groups is 1. The Hall–Kier alpha value is -1.83. The van der Waals surface area contributed by atoms with Gasteiger partial charge in [0.25, 0.3) is 5.91 Å². The minimum atomic E-state index is -3.25. The number of carbonyl (C=O) groups excluding carboxylic acids is 1. The average Bonchev–Trinajstić information content (AvgIpc) is 2.84. The number of rotatable bonds is 4. The van der Waals surface area contributed by atoms with Crippen molar-refractivity contribution in [1.29, 1.82) is 0 Å². The minimum Gasteiger partial charge on any atom is -0.480 e. The lowest BCUT2D eigenvalue weighted by atomic mass is 10.0. The van der Waals surface area contributed by atoms with Crippen molar-refractivity contribution in [1.82, 2.24) is 4.90 Å². The Morgan fingerprint density at radius 2 is 2.10 bits per heavy atom. The van der Waals surface area contributed by atoms with Crippen LogP contribution in [0.5, 0.6) is 0 Å². The third kappa shape index (κ3) is 3.84. The number of carbonyl (C=O) groups is 2. The Morgan fingerprint density at radius 3 is 2.71 bits per heavy atom. The van der Waals surface area contributed by atoms with Gasteiger partial charge in [0, 0.05) is 12.8 Å². The molecule has 116 valence electrons. The SMILES string of the molecule is CS(=O)(=O)Cc1ccc(C(=O)N2CCCC[C@@H]2C(=O)O)o1. The molecule has 1 aliphatic heterocycles. The average molecular weight is 315 g/mol. The van der Waals surface area contributed by atoms with Crippen molar-refractivity contribution in [2.75, 3.05) is 12.8 Å². The van der Waals surface area contributed by atoms with Gasteiger partial charge in [-0.2, -0.15) is 0 Å². The first-order valence-corrected chi connectivity index (χ1v) is 8.64. The first kappa shape index (κ1) is 15.6. The molecule has 1 aromatic heterocycles. The van der Waals surface area contributed by atoms with E-state index in [-0.39, 0.29) is 17.3 Å². The largest absolute Gasteiger partial charge is 0.480 e. The molecule has 2 rings (SSSR count). The second-order valence-electron chi connectivity index (χ2n) is 5.18. The van der Waals surface area contributed by atoms with Gasteiger partial charge in [0.1, 0.15) is 17.6 Å². The lowest BCUT2D eigenvalue weighted by molar-refractivity contribution is -0.143. The van der Waals surface area contributed by atoms with Crippen LogP contribution in [0.3, 0.4) is 0 Å². The van der Waals surface area contributed by atoms with Crippen LogP contribution in [0.4, 0.5) is 0 Å². The summed E-state index contributed by atoms with van der Waals surface area (Å²) in [5, 5.41) is 9.16. The number of hydrogen-bond acceptors (Lipinski definition) is 5. The summed E-state index contributed by atoms with van der Waals surface area (Å²) in [4.78, 5) is 24.8. The van der Waals surface area contributed by atoms with Gasteiger partial charge in [-0.1, -0.05) is 0 Å². The normalized spacial score (nSPS) is 19.5. The van der Waals surface area contributed by atoms with E-state index >= 15 is 0 Å². The summed E-state index contributed by atoms with van der Waals surface area (Å²) < 4.78 is 27.6. The molecule has 1 aliphatic rings. The standard InChI is InChI=1S/C13H17NO6S/c1-21(18,19)8-9-5-6-11(20-9)12(15)14-7-3-2-4-10(14)13(16)17/h5-6,10H,2-4,7-8H2,1H3,(H,16,17)/t10-/m1/s1. The van der Waals surface area contributed by atoms with Crippen LogP contribution in [0.1, 0.15) is 35.6 Å². The number of piperidine rings is 1. The Balaban J connectivity index is 2.17. The molecule has 1 saturated heterocycles. The van der Waals surface area contributed by atoms with Crippen LogP contribution in [0, 0.1) is 0 Å². The van der Waals surface area contributed by atoms with E-state index in [1.165, 1.54) is 17.0 Å². The van der Waals surface area contributed by atoms with Crippen LogP contribution in [0.15, 0.2) is 16.5 Å². The van der Waals surface area contributed by atoms with Gasteiger partial charge < -0.3 is 14.4 Å². The molecule has 1 amide bonds. The van der Waals surface area contributed by atoms with Gasteiger partial charge in [0.2, 0.25) is 0 Å². The molecule has 2 heterocycles. The van der Waals surface area contributed by atoms with E-state index in [4.69, 9.17) is 9.52 Å². The van der Waals surface area contributed by atoms with Crippen molar-refractivity contribution in [2.24, 2.45) is 0 Å². The van der Waals surface area contributed by atoms with Gasteiger partial charge in [-0.25, -0.2) is 13.2 Å². The number of nitrogens with zero attached hydrogens (tertiary/aromatic N) is 1. The molecule has 7 nitrogen and oxygen atoms in total. The Bertz CT molecular complexity index is 647. The molecular formula is C13H17NO6S. The zero-order valence-electron chi connectivity index (χ0n) is 11.6. The highest BCUT2D eigenvalue weighted by Crippen LogP contribution is 2.21. The van der Waals surface area contributed by atoms with Crippen molar-refractivity contribution in [3.63, 3.8) is 0 Å². The fourth-order valence-corrected chi connectivity index (χ4v) is 3.07. The third-order valence-electron chi connectivity index (χ3n) is 3.33. The summed E-state index contributed by atoms with van der Waals surface area (Å²) >= 11 is 0. The second-order valence-corrected chi connectivity index (χ2v) is 7.32. The van der Waals surface area contributed by atoms with Crippen LogP contribution in [0.25, 0.3) is 0 Å². The third-order valence-corrected chi connectivity index (χ3v) is 4.13. The first-order valence-electron chi connectivity index (χ1n) is 6.58. The van der Waals surface area contributed by atoms with E-state index in [1.807, 2.05) is 0 Å². The number of aliphatic carboxylic acids is 1. The van der Waals surface area contributed by atoms with Gasteiger partial charge >= 0.3 is 5.97 Å². The van der Waals surface area contributed by atoms with E-state index in [0.717, 1.165) is 19.1 Å². The van der Waals surface area contributed by atoms with Crippen LogP contribution in [-0.4, -0.2) is 49.1 Å². The van der Waals surface area contributed by atoms with Gasteiger partial charge in [-0.15, -0.1) is 0 Å². The summed E-state index contributed by atoms with van der Waals surface area (Å²) in [5.41, 5.74) is 0. The molecule has 1 aromatic rings. The highest BCUT2D eigenvalue weighted by molar-refractivity contribution is 7.89. The molecule has 0 unspecified atom stereocenters. The number of furan rings is 1. The molecule has 0 radical (unpaired) electrons. The maximum Gasteiger partial charge on any atom is 0.326 e. The van der Waals surface area contributed by atoms with Crippen molar-refractivity contribution < 1.29 is 27.5 Å². The first-order chi connectivity index (χ1) is 9.78. The number of hydrogen-bond donors (Lipinski definition) is 1. The monoisotopic (exact) mass is 315 g/mol. The van der Waals surface area contributed by atoms with E-state index in [2.05, 4.69) is 0 Å².